The smallest absolute Gasteiger partial charge is 0.161 e. The number of nitrogens with zero attached hydrogens (tertiary/aromatic N) is 2. The fourth-order valence-electron chi connectivity index (χ4n) is 2.95. The highest BCUT2D eigenvalue weighted by atomic mass is 79.9. The second kappa shape index (κ2) is 7.20. The van der Waals surface area contributed by atoms with Crippen LogP contribution in [0.15, 0.2) is 59.2 Å². The predicted octanol–water partition coefficient (Wildman–Crippen LogP) is 7.17. The monoisotopic (exact) mass is 422 g/mol. The molecule has 0 bridgehead atoms. The van der Waals surface area contributed by atoms with Crippen LogP contribution >= 0.6 is 15.9 Å². The van der Waals surface area contributed by atoms with Gasteiger partial charge in [-0.05, 0) is 44.0 Å². The van der Waals surface area contributed by atoms with Crippen LogP contribution in [0.5, 0.6) is 0 Å². The Bertz CT molecular complexity index is 852. The van der Waals surface area contributed by atoms with Crippen LogP contribution in [0.3, 0.4) is 0 Å². The molecule has 0 unspecified atom stereocenters. The largest absolute Gasteiger partial charge is 0.228 e. The predicted molar refractivity (Wildman–Crippen MR) is 118 cm³/mol. The minimum Gasteiger partial charge on any atom is -0.228 e. The molecular formula is C24H27BrN2. The van der Waals surface area contributed by atoms with Crippen molar-refractivity contribution in [3.05, 3.63) is 70.3 Å². The van der Waals surface area contributed by atoms with E-state index in [0.717, 1.165) is 27.2 Å². The van der Waals surface area contributed by atoms with Crippen LogP contribution in [-0.4, -0.2) is 9.97 Å². The standard InChI is InChI=1S/C24H27BrN2/c1-23(2,3)18-11-7-16(8-12-18)20-15-21(25)27-22(26-20)17-9-13-19(14-10-17)24(4,5)6/h7-15H,1-6H3. The van der Waals surface area contributed by atoms with Gasteiger partial charge in [0.05, 0.1) is 5.69 Å². The van der Waals surface area contributed by atoms with Crippen molar-refractivity contribution >= 4 is 15.9 Å². The minimum atomic E-state index is 0.136. The molecule has 0 aliphatic heterocycles. The Morgan fingerprint density at radius 3 is 1.52 bits per heavy atom. The summed E-state index contributed by atoms with van der Waals surface area (Å²) in [4.78, 5) is 9.40. The molecule has 2 nitrogen and oxygen atoms in total. The van der Waals surface area contributed by atoms with E-state index in [-0.39, 0.29) is 10.8 Å². The summed E-state index contributed by atoms with van der Waals surface area (Å²) in [6.45, 7) is 13.3. The third-order valence-corrected chi connectivity index (χ3v) is 5.16. The quantitative estimate of drug-likeness (QED) is 0.409. The van der Waals surface area contributed by atoms with Gasteiger partial charge >= 0.3 is 0 Å². The van der Waals surface area contributed by atoms with Gasteiger partial charge < -0.3 is 0 Å². The lowest BCUT2D eigenvalue weighted by Gasteiger charge is -2.19. The molecule has 0 N–H and O–H groups in total. The molecule has 3 rings (SSSR count). The van der Waals surface area contributed by atoms with E-state index in [2.05, 4.69) is 111 Å². The van der Waals surface area contributed by atoms with Gasteiger partial charge in [-0.3, -0.25) is 0 Å². The molecule has 140 valence electrons. The summed E-state index contributed by atoms with van der Waals surface area (Å²) in [6.07, 6.45) is 0. The van der Waals surface area contributed by atoms with Crippen LogP contribution in [0.25, 0.3) is 22.6 Å². The molecular weight excluding hydrogens is 396 g/mol. The summed E-state index contributed by atoms with van der Waals surface area (Å²) in [5.41, 5.74) is 5.95. The van der Waals surface area contributed by atoms with E-state index in [9.17, 15) is 0 Å². The molecule has 3 heteroatoms. The van der Waals surface area contributed by atoms with Gasteiger partial charge in [0.25, 0.3) is 0 Å². The van der Waals surface area contributed by atoms with Crippen molar-refractivity contribution in [1.29, 1.82) is 0 Å². The zero-order valence-corrected chi connectivity index (χ0v) is 18.6. The summed E-state index contributed by atoms with van der Waals surface area (Å²) in [5, 5.41) is 0. The van der Waals surface area contributed by atoms with Gasteiger partial charge in [0.1, 0.15) is 4.60 Å². The first kappa shape index (κ1) is 19.8. The molecule has 1 aromatic heterocycles. The van der Waals surface area contributed by atoms with E-state index >= 15 is 0 Å². The van der Waals surface area contributed by atoms with E-state index in [1.165, 1.54) is 11.1 Å². The van der Waals surface area contributed by atoms with Gasteiger partial charge in [0.15, 0.2) is 5.82 Å². The SMILES string of the molecule is CC(C)(C)c1ccc(-c2cc(Br)nc(-c3ccc(C(C)(C)C)cc3)n2)cc1. The Labute approximate surface area is 171 Å². The van der Waals surface area contributed by atoms with Crippen molar-refractivity contribution in [3.8, 4) is 22.6 Å². The van der Waals surface area contributed by atoms with Crippen molar-refractivity contribution in [2.24, 2.45) is 0 Å². The molecule has 0 saturated heterocycles. The second-order valence-corrected chi connectivity index (χ2v) is 9.87. The highest BCUT2D eigenvalue weighted by Gasteiger charge is 2.15. The minimum absolute atomic E-state index is 0.136. The fourth-order valence-corrected chi connectivity index (χ4v) is 3.34. The Morgan fingerprint density at radius 1 is 0.630 bits per heavy atom. The molecule has 1 heterocycles. The Hall–Kier alpha value is -2.00. The number of halogens is 1. The molecule has 0 aliphatic rings. The van der Waals surface area contributed by atoms with E-state index in [1.54, 1.807) is 0 Å². The average Bonchev–Trinajstić information content (AvgIpc) is 2.60. The molecule has 3 aromatic rings. The number of hydrogen-bond acceptors (Lipinski definition) is 2. The lowest BCUT2D eigenvalue weighted by molar-refractivity contribution is 0.590. The maximum Gasteiger partial charge on any atom is 0.161 e. The molecule has 0 saturated carbocycles. The molecule has 0 atom stereocenters. The topological polar surface area (TPSA) is 25.8 Å². The lowest BCUT2D eigenvalue weighted by Crippen LogP contribution is -2.10. The normalized spacial score (nSPS) is 12.3. The van der Waals surface area contributed by atoms with E-state index in [1.807, 2.05) is 6.07 Å². The van der Waals surface area contributed by atoms with Crippen LogP contribution in [0.1, 0.15) is 52.7 Å². The maximum atomic E-state index is 4.82. The number of rotatable bonds is 2. The van der Waals surface area contributed by atoms with E-state index in [0.29, 0.717) is 0 Å². The molecule has 2 aromatic carbocycles. The first-order valence-electron chi connectivity index (χ1n) is 9.30. The van der Waals surface area contributed by atoms with Crippen molar-refractivity contribution in [3.63, 3.8) is 0 Å². The second-order valence-electron chi connectivity index (χ2n) is 9.05. The lowest BCUT2D eigenvalue weighted by atomic mass is 9.86. The van der Waals surface area contributed by atoms with Crippen LogP contribution in [0.4, 0.5) is 0 Å². The van der Waals surface area contributed by atoms with Crippen molar-refractivity contribution < 1.29 is 0 Å². The van der Waals surface area contributed by atoms with E-state index < -0.39 is 0 Å². The van der Waals surface area contributed by atoms with Crippen molar-refractivity contribution in [1.82, 2.24) is 9.97 Å². The number of aromatic nitrogens is 2. The van der Waals surface area contributed by atoms with E-state index in [4.69, 9.17) is 4.98 Å². The zero-order valence-electron chi connectivity index (χ0n) is 17.0. The Balaban J connectivity index is 1.97. The third-order valence-electron chi connectivity index (χ3n) is 4.75. The molecule has 0 amide bonds. The summed E-state index contributed by atoms with van der Waals surface area (Å²) >= 11 is 3.55. The number of benzene rings is 2. The average molecular weight is 423 g/mol. The summed E-state index contributed by atoms with van der Waals surface area (Å²) in [6, 6.07) is 19.2. The van der Waals surface area contributed by atoms with Gasteiger partial charge in [-0.1, -0.05) is 90.1 Å². The molecule has 0 aliphatic carbocycles. The maximum absolute atomic E-state index is 4.82. The molecule has 27 heavy (non-hydrogen) atoms. The number of hydrogen-bond donors (Lipinski definition) is 0. The van der Waals surface area contributed by atoms with Gasteiger partial charge in [-0.25, -0.2) is 9.97 Å². The summed E-state index contributed by atoms with van der Waals surface area (Å²) in [7, 11) is 0. The van der Waals surface area contributed by atoms with Gasteiger partial charge in [-0.2, -0.15) is 0 Å². The van der Waals surface area contributed by atoms with Crippen LogP contribution in [0, 0.1) is 0 Å². The van der Waals surface area contributed by atoms with Crippen LogP contribution in [-0.2, 0) is 10.8 Å². The first-order valence-corrected chi connectivity index (χ1v) is 10.1. The molecule has 0 radical (unpaired) electrons. The molecule has 0 spiro atoms. The van der Waals surface area contributed by atoms with Crippen molar-refractivity contribution in [2.75, 3.05) is 0 Å². The Morgan fingerprint density at radius 2 is 1.07 bits per heavy atom. The zero-order chi connectivity index (χ0) is 19.8. The first-order chi connectivity index (χ1) is 12.5. The van der Waals surface area contributed by atoms with Gasteiger partial charge in [-0.15, -0.1) is 0 Å². The van der Waals surface area contributed by atoms with Gasteiger partial charge in [0, 0.05) is 11.1 Å². The van der Waals surface area contributed by atoms with Crippen LogP contribution < -0.4 is 0 Å². The van der Waals surface area contributed by atoms with Crippen LogP contribution in [0.2, 0.25) is 0 Å². The third kappa shape index (κ3) is 4.65. The summed E-state index contributed by atoms with van der Waals surface area (Å²) < 4.78 is 0.794. The highest BCUT2D eigenvalue weighted by molar-refractivity contribution is 9.10. The Kier molecular flexibility index (Phi) is 5.27. The van der Waals surface area contributed by atoms with Crippen molar-refractivity contribution in [2.45, 2.75) is 52.4 Å². The highest BCUT2D eigenvalue weighted by Crippen LogP contribution is 2.29. The fraction of sp³-hybridized carbons (Fsp3) is 0.333. The molecule has 0 fully saturated rings. The summed E-state index contributed by atoms with van der Waals surface area (Å²) in [5.74, 6) is 0.736. The van der Waals surface area contributed by atoms with Gasteiger partial charge in [0.2, 0.25) is 0 Å².